The van der Waals surface area contributed by atoms with Crippen molar-refractivity contribution in [1.82, 2.24) is 0 Å². The molecule has 0 unspecified atom stereocenters. The molecule has 0 aromatic heterocycles. The standard InChI is InChI=1S/C17H24/c1-12-8-13(2)10-16(9-12)14(3)11-15(4)17(5,6)7/h8-11H,3H2,1-2,4-7H3. The molecule has 0 aliphatic heterocycles. The number of aryl methyl sites for hydroxylation is 2. The van der Waals surface area contributed by atoms with Crippen LogP contribution in [0.15, 0.2) is 36.4 Å². The first-order chi connectivity index (χ1) is 7.70. The molecule has 0 fully saturated rings. The van der Waals surface area contributed by atoms with Crippen LogP contribution in [0.1, 0.15) is 44.4 Å². The molecule has 0 bridgehead atoms. The molecular weight excluding hydrogens is 204 g/mol. The van der Waals surface area contributed by atoms with Crippen molar-refractivity contribution in [3.63, 3.8) is 0 Å². The third-order valence-corrected chi connectivity index (χ3v) is 3.17. The minimum Gasteiger partial charge on any atom is -0.0912 e. The first-order valence-corrected chi connectivity index (χ1v) is 6.16. The maximum absolute atomic E-state index is 4.18. The summed E-state index contributed by atoms with van der Waals surface area (Å²) in [6.45, 7) is 17.3. The fraction of sp³-hybridized carbons (Fsp3) is 0.412. The quantitative estimate of drug-likeness (QED) is 0.602. The molecule has 92 valence electrons. The molecule has 0 N–H and O–H groups in total. The van der Waals surface area contributed by atoms with Gasteiger partial charge in [-0.1, -0.05) is 68.3 Å². The van der Waals surface area contributed by atoms with Gasteiger partial charge in [-0.2, -0.15) is 0 Å². The monoisotopic (exact) mass is 228 g/mol. The van der Waals surface area contributed by atoms with Crippen LogP contribution in [0.4, 0.5) is 0 Å². The van der Waals surface area contributed by atoms with E-state index in [0.717, 1.165) is 5.57 Å². The highest BCUT2D eigenvalue weighted by Gasteiger charge is 2.12. The number of hydrogen-bond donors (Lipinski definition) is 0. The van der Waals surface area contributed by atoms with Crippen LogP contribution >= 0.6 is 0 Å². The highest BCUT2D eigenvalue weighted by Crippen LogP contribution is 2.28. The van der Waals surface area contributed by atoms with Gasteiger partial charge < -0.3 is 0 Å². The Bertz CT molecular complexity index is 433. The van der Waals surface area contributed by atoms with Crippen molar-refractivity contribution in [2.45, 2.75) is 41.5 Å². The Morgan fingerprint density at radius 2 is 1.53 bits per heavy atom. The first kappa shape index (κ1) is 13.8. The van der Waals surface area contributed by atoms with E-state index in [2.05, 4.69) is 72.4 Å². The molecule has 0 amide bonds. The van der Waals surface area contributed by atoms with Gasteiger partial charge in [-0.15, -0.1) is 0 Å². The second-order valence-corrected chi connectivity index (χ2v) is 5.98. The number of rotatable bonds is 2. The smallest absolute Gasteiger partial charge is 0.0172 e. The van der Waals surface area contributed by atoms with Crippen molar-refractivity contribution >= 4 is 5.57 Å². The number of allylic oxidation sites excluding steroid dienone is 3. The highest BCUT2D eigenvalue weighted by molar-refractivity contribution is 5.73. The van der Waals surface area contributed by atoms with Gasteiger partial charge >= 0.3 is 0 Å². The topological polar surface area (TPSA) is 0 Å². The van der Waals surface area contributed by atoms with Crippen LogP contribution in [-0.2, 0) is 0 Å². The Balaban J connectivity index is 3.06. The molecule has 1 rings (SSSR count). The van der Waals surface area contributed by atoms with Crippen molar-refractivity contribution in [2.24, 2.45) is 5.41 Å². The minimum atomic E-state index is 0.210. The molecule has 0 radical (unpaired) electrons. The fourth-order valence-electron chi connectivity index (χ4n) is 1.72. The molecule has 0 nitrogen and oxygen atoms in total. The normalized spacial score (nSPS) is 12.7. The first-order valence-electron chi connectivity index (χ1n) is 6.16. The SMILES string of the molecule is C=C(C=C(C)C(C)(C)C)c1cc(C)cc(C)c1. The maximum atomic E-state index is 4.18. The van der Waals surface area contributed by atoms with Crippen LogP contribution in [0.5, 0.6) is 0 Å². The molecule has 0 spiro atoms. The average molecular weight is 228 g/mol. The molecule has 0 saturated carbocycles. The van der Waals surface area contributed by atoms with Crippen LogP contribution in [0, 0.1) is 19.3 Å². The van der Waals surface area contributed by atoms with Crippen molar-refractivity contribution in [3.05, 3.63) is 53.1 Å². The molecule has 0 saturated heterocycles. The van der Waals surface area contributed by atoms with Gasteiger partial charge in [0, 0.05) is 0 Å². The van der Waals surface area contributed by atoms with Gasteiger partial charge in [-0.25, -0.2) is 0 Å². The molecule has 0 aliphatic rings. The maximum Gasteiger partial charge on any atom is -0.0172 e. The van der Waals surface area contributed by atoms with Gasteiger partial charge in [0.05, 0.1) is 0 Å². The van der Waals surface area contributed by atoms with Crippen LogP contribution in [0.25, 0.3) is 5.57 Å². The van der Waals surface area contributed by atoms with E-state index in [4.69, 9.17) is 0 Å². The van der Waals surface area contributed by atoms with Gasteiger partial charge in [0.15, 0.2) is 0 Å². The van der Waals surface area contributed by atoms with Gasteiger partial charge in [-0.05, 0) is 37.3 Å². The van der Waals surface area contributed by atoms with E-state index in [9.17, 15) is 0 Å². The summed E-state index contributed by atoms with van der Waals surface area (Å²) in [5.41, 5.74) is 6.49. The number of benzene rings is 1. The van der Waals surface area contributed by atoms with Gasteiger partial charge in [0.1, 0.15) is 0 Å². The van der Waals surface area contributed by atoms with Gasteiger partial charge in [0.25, 0.3) is 0 Å². The Morgan fingerprint density at radius 1 is 1.06 bits per heavy atom. The van der Waals surface area contributed by atoms with Crippen LogP contribution in [0.3, 0.4) is 0 Å². The summed E-state index contributed by atoms with van der Waals surface area (Å²) in [5.74, 6) is 0. The highest BCUT2D eigenvalue weighted by atomic mass is 14.2. The lowest BCUT2D eigenvalue weighted by molar-refractivity contribution is 0.504. The largest absolute Gasteiger partial charge is 0.0912 e. The van der Waals surface area contributed by atoms with E-state index in [0.29, 0.717) is 0 Å². The lowest BCUT2D eigenvalue weighted by atomic mass is 9.86. The molecule has 17 heavy (non-hydrogen) atoms. The third-order valence-electron chi connectivity index (χ3n) is 3.17. The van der Waals surface area contributed by atoms with E-state index in [-0.39, 0.29) is 5.41 Å². The molecule has 1 aromatic rings. The summed E-state index contributed by atoms with van der Waals surface area (Å²) in [5, 5.41) is 0. The molecule has 0 atom stereocenters. The van der Waals surface area contributed by atoms with Gasteiger partial charge in [-0.3, -0.25) is 0 Å². The lowest BCUT2D eigenvalue weighted by Crippen LogP contribution is -2.06. The Hall–Kier alpha value is -1.30. The van der Waals surface area contributed by atoms with E-state index in [1.807, 2.05) is 0 Å². The Morgan fingerprint density at radius 3 is 1.94 bits per heavy atom. The summed E-state index contributed by atoms with van der Waals surface area (Å²) in [6.07, 6.45) is 2.20. The molecule has 0 heteroatoms. The zero-order valence-corrected chi connectivity index (χ0v) is 12.0. The van der Waals surface area contributed by atoms with Crippen molar-refractivity contribution in [2.75, 3.05) is 0 Å². The van der Waals surface area contributed by atoms with E-state index < -0.39 is 0 Å². The third kappa shape index (κ3) is 3.89. The van der Waals surface area contributed by atoms with E-state index in [1.54, 1.807) is 0 Å². The predicted molar refractivity (Wildman–Crippen MR) is 78.2 cm³/mol. The summed E-state index contributed by atoms with van der Waals surface area (Å²) in [7, 11) is 0. The lowest BCUT2D eigenvalue weighted by Gasteiger charge is -2.20. The average Bonchev–Trinajstić information content (AvgIpc) is 2.14. The minimum absolute atomic E-state index is 0.210. The summed E-state index contributed by atoms with van der Waals surface area (Å²) < 4.78 is 0. The zero-order valence-electron chi connectivity index (χ0n) is 12.0. The van der Waals surface area contributed by atoms with Crippen LogP contribution in [0.2, 0.25) is 0 Å². The van der Waals surface area contributed by atoms with E-state index >= 15 is 0 Å². The molecular formula is C17H24. The fourth-order valence-corrected chi connectivity index (χ4v) is 1.72. The predicted octanol–water partition coefficient (Wildman–Crippen LogP) is 5.31. The van der Waals surface area contributed by atoms with Gasteiger partial charge in [0.2, 0.25) is 0 Å². The van der Waals surface area contributed by atoms with Crippen LogP contribution < -0.4 is 0 Å². The molecule has 1 aromatic carbocycles. The van der Waals surface area contributed by atoms with E-state index in [1.165, 1.54) is 22.3 Å². The van der Waals surface area contributed by atoms with Crippen molar-refractivity contribution in [1.29, 1.82) is 0 Å². The Kier molecular flexibility index (Phi) is 3.98. The molecule has 0 heterocycles. The van der Waals surface area contributed by atoms with Crippen molar-refractivity contribution in [3.8, 4) is 0 Å². The summed E-state index contributed by atoms with van der Waals surface area (Å²) >= 11 is 0. The number of hydrogen-bond acceptors (Lipinski definition) is 0. The van der Waals surface area contributed by atoms with Crippen LogP contribution in [-0.4, -0.2) is 0 Å². The summed E-state index contributed by atoms with van der Waals surface area (Å²) in [6, 6.07) is 6.58. The Labute approximate surface area is 106 Å². The van der Waals surface area contributed by atoms with Crippen molar-refractivity contribution < 1.29 is 0 Å². The molecule has 0 aliphatic carbocycles. The second kappa shape index (κ2) is 4.91. The second-order valence-electron chi connectivity index (χ2n) is 5.98. The zero-order chi connectivity index (χ0) is 13.2. The summed E-state index contributed by atoms with van der Waals surface area (Å²) in [4.78, 5) is 0.